The zero-order valence-corrected chi connectivity index (χ0v) is 42.8. The number of fused-ring (bicyclic) bond motifs is 2. The van der Waals surface area contributed by atoms with Gasteiger partial charge in [-0.25, -0.2) is 14.8 Å². The van der Waals surface area contributed by atoms with Crippen molar-refractivity contribution in [3.05, 3.63) is 57.9 Å². The molecule has 8 heterocycles. The normalized spacial score (nSPS) is 18.5. The van der Waals surface area contributed by atoms with E-state index >= 15 is 0 Å². The van der Waals surface area contributed by atoms with Crippen molar-refractivity contribution < 1.29 is 33.6 Å². The van der Waals surface area contributed by atoms with Crippen molar-refractivity contribution in [3.8, 4) is 27.0 Å². The summed E-state index contributed by atoms with van der Waals surface area (Å²) in [5.41, 5.74) is 4.72. The van der Waals surface area contributed by atoms with Crippen LogP contribution in [-0.2, 0) is 19.0 Å². The van der Waals surface area contributed by atoms with Crippen LogP contribution >= 0.6 is 22.7 Å². The summed E-state index contributed by atoms with van der Waals surface area (Å²) in [7, 11) is 1.63. The minimum Gasteiger partial charge on any atom is -0.483 e. The van der Waals surface area contributed by atoms with E-state index < -0.39 is 5.60 Å². The van der Waals surface area contributed by atoms with Gasteiger partial charge >= 0.3 is 6.09 Å². The molecule has 5 N–H and O–H groups in total. The molecule has 22 heteroatoms. The second-order valence-corrected chi connectivity index (χ2v) is 20.8. The van der Waals surface area contributed by atoms with Gasteiger partial charge in [0.2, 0.25) is 17.8 Å². The van der Waals surface area contributed by atoms with Crippen LogP contribution in [0.15, 0.2) is 41.2 Å². The number of anilines is 4. The fraction of sp³-hybridized carbons (Fsp3) is 0.510. The van der Waals surface area contributed by atoms with Gasteiger partial charge in [-0.15, -0.1) is 22.7 Å². The Kier molecular flexibility index (Phi) is 16.8. The lowest BCUT2D eigenvalue weighted by atomic mass is 10.1. The van der Waals surface area contributed by atoms with Crippen LogP contribution in [0.1, 0.15) is 57.6 Å². The average molecular weight is 1010 g/mol. The maximum Gasteiger partial charge on any atom is 0.410 e. The van der Waals surface area contributed by atoms with Crippen molar-refractivity contribution in [2.75, 3.05) is 106 Å². The molecule has 71 heavy (non-hydrogen) atoms. The monoisotopic (exact) mass is 1010 g/mol. The number of hydrogen-bond acceptors (Lipinski definition) is 19. The number of rotatable bonds is 9. The van der Waals surface area contributed by atoms with Crippen molar-refractivity contribution in [2.45, 2.75) is 78.0 Å². The first kappa shape index (κ1) is 51.2. The van der Waals surface area contributed by atoms with E-state index in [0.29, 0.717) is 106 Å². The molecule has 380 valence electrons. The molecule has 4 aromatic heterocycles. The van der Waals surface area contributed by atoms with Gasteiger partial charge in [-0.3, -0.25) is 14.6 Å². The SMILES string of the molecule is COc1nc(N2CCOCC2)nc(N[C@@H]2CCCN(C(=O)OC(C)(C)C)C2)c1-c1nc2cc(C)ccc2s1.Cc1ccc2sc(-c3c(N[C@@H]4CCCNC4)nc(N4CCOCC4)[nH]c3=O)nc2c1.O=CO. The number of amides is 1. The summed E-state index contributed by atoms with van der Waals surface area (Å²) in [5, 5.41) is 19.0. The highest BCUT2D eigenvalue weighted by atomic mass is 32.1. The van der Waals surface area contributed by atoms with Crippen LogP contribution < -0.4 is 36.0 Å². The van der Waals surface area contributed by atoms with Gasteiger partial charge in [0.15, 0.2) is 0 Å². The van der Waals surface area contributed by atoms with Crippen molar-refractivity contribution in [1.29, 1.82) is 0 Å². The van der Waals surface area contributed by atoms with E-state index in [0.717, 1.165) is 80.9 Å². The van der Waals surface area contributed by atoms with Gasteiger partial charge in [0.05, 0.1) is 54.0 Å². The number of aromatic amines is 1. The Labute approximate surface area is 420 Å². The van der Waals surface area contributed by atoms with Gasteiger partial charge in [-0.05, 0) is 102 Å². The molecular weight excluding hydrogens is 949 g/mol. The number of methoxy groups -OCH3 is 1. The highest BCUT2D eigenvalue weighted by Gasteiger charge is 2.31. The zero-order valence-electron chi connectivity index (χ0n) is 41.2. The summed E-state index contributed by atoms with van der Waals surface area (Å²) in [6, 6.07) is 12.7. The molecule has 0 aliphatic carbocycles. The van der Waals surface area contributed by atoms with Crippen LogP contribution in [0.4, 0.5) is 28.3 Å². The van der Waals surface area contributed by atoms with Crippen LogP contribution in [-0.4, -0.2) is 156 Å². The number of hydrogen-bond donors (Lipinski definition) is 5. The second kappa shape index (κ2) is 23.4. The Hall–Kier alpha value is -6.20. The molecule has 10 rings (SSSR count). The largest absolute Gasteiger partial charge is 0.483 e. The standard InChI is InChI=1S/C27H36N6O4S.C21H26N6O2S.CH2O2/c1-17-8-9-20-19(15-17)29-24(38-20)21-22(30-25(31-23(21)35-5)32-11-13-36-14-12-32)28-18-7-6-10-33(16-18)26(34)37-27(2,3)4;1-13-4-5-16-15(11-13)24-20(30-16)17-18(23-14-3-2-6-22-12-14)25-21(26-19(17)28)27-7-9-29-10-8-27;2-1-3/h8-9,15,18H,6-7,10-14,16H2,1-5H3,(H,28,30,31);4-5,11,14,22H,2-3,6-10,12H2,1H3,(H2,23,25,26,28);1H,(H,2,3)/t18-;14-;/m11./s1. The van der Waals surface area contributed by atoms with Crippen LogP contribution in [0.2, 0.25) is 0 Å². The molecule has 4 aliphatic heterocycles. The van der Waals surface area contributed by atoms with Gasteiger partial charge in [0.25, 0.3) is 12.0 Å². The lowest BCUT2D eigenvalue weighted by Crippen LogP contribution is -2.47. The summed E-state index contributed by atoms with van der Waals surface area (Å²) >= 11 is 3.12. The van der Waals surface area contributed by atoms with Crippen LogP contribution in [0.5, 0.6) is 5.88 Å². The molecule has 0 radical (unpaired) electrons. The maximum absolute atomic E-state index is 13.2. The quantitative estimate of drug-likeness (QED) is 0.0940. The molecule has 4 aliphatic rings. The van der Waals surface area contributed by atoms with Crippen LogP contribution in [0.3, 0.4) is 0 Å². The van der Waals surface area contributed by atoms with E-state index in [1.807, 2.05) is 27.7 Å². The van der Waals surface area contributed by atoms with Crippen molar-refractivity contribution in [3.63, 3.8) is 0 Å². The molecule has 2 atom stereocenters. The molecule has 0 bridgehead atoms. The topological polar surface area (TPSA) is 234 Å². The number of aromatic nitrogens is 6. The highest BCUT2D eigenvalue weighted by molar-refractivity contribution is 7.22. The van der Waals surface area contributed by atoms with E-state index in [4.69, 9.17) is 53.8 Å². The number of nitrogens with one attached hydrogen (secondary N) is 4. The lowest BCUT2D eigenvalue weighted by Gasteiger charge is -2.35. The Morgan fingerprint density at radius 1 is 0.803 bits per heavy atom. The molecule has 20 nitrogen and oxygen atoms in total. The summed E-state index contributed by atoms with van der Waals surface area (Å²) in [5.74, 6) is 2.93. The number of likely N-dealkylation sites (tertiary alicyclic amines) is 1. The predicted molar refractivity (Wildman–Crippen MR) is 279 cm³/mol. The first-order valence-electron chi connectivity index (χ1n) is 24.1. The van der Waals surface area contributed by atoms with E-state index in [1.165, 1.54) is 11.3 Å². The molecule has 2 aromatic carbocycles. The van der Waals surface area contributed by atoms with Crippen molar-refractivity contribution >= 4 is 79.2 Å². The number of morpholine rings is 2. The Morgan fingerprint density at radius 3 is 1.97 bits per heavy atom. The first-order chi connectivity index (χ1) is 34.3. The number of carbonyl (C=O) groups excluding carboxylic acids is 1. The van der Waals surface area contributed by atoms with Gasteiger partial charge < -0.3 is 54.7 Å². The molecule has 1 amide bonds. The number of carbonyl (C=O) groups is 2. The van der Waals surface area contributed by atoms with E-state index in [9.17, 15) is 9.59 Å². The molecule has 0 spiro atoms. The minimum absolute atomic E-state index is 0.0104. The van der Waals surface area contributed by atoms with Crippen LogP contribution in [0.25, 0.3) is 41.6 Å². The second-order valence-electron chi connectivity index (χ2n) is 18.8. The smallest absolute Gasteiger partial charge is 0.410 e. The van der Waals surface area contributed by atoms with E-state index in [-0.39, 0.29) is 30.2 Å². The minimum atomic E-state index is -0.539. The third kappa shape index (κ3) is 13.0. The number of carboxylic acid groups (broad SMARTS) is 1. The molecule has 4 fully saturated rings. The summed E-state index contributed by atoms with van der Waals surface area (Å²) in [6.45, 7) is 18.0. The van der Waals surface area contributed by atoms with Gasteiger partial charge in [0, 0.05) is 57.9 Å². The summed E-state index contributed by atoms with van der Waals surface area (Å²) in [6.07, 6.45) is 3.63. The third-order valence-corrected chi connectivity index (χ3v) is 14.2. The molecule has 0 saturated carbocycles. The Bertz CT molecular complexity index is 2830. The number of piperidine rings is 2. The van der Waals surface area contributed by atoms with Gasteiger partial charge in [0.1, 0.15) is 38.4 Å². The van der Waals surface area contributed by atoms with Crippen molar-refractivity contribution in [1.82, 2.24) is 40.1 Å². The fourth-order valence-electron chi connectivity index (χ4n) is 8.71. The van der Waals surface area contributed by atoms with Crippen molar-refractivity contribution in [2.24, 2.45) is 0 Å². The predicted octanol–water partition coefficient (Wildman–Crippen LogP) is 6.77. The van der Waals surface area contributed by atoms with E-state index in [1.54, 1.807) is 23.3 Å². The highest BCUT2D eigenvalue weighted by Crippen LogP contribution is 2.41. The van der Waals surface area contributed by atoms with E-state index in [2.05, 4.69) is 74.1 Å². The molecule has 6 aromatic rings. The van der Waals surface area contributed by atoms with Gasteiger partial charge in [-0.1, -0.05) is 12.1 Å². The van der Waals surface area contributed by atoms with Crippen LogP contribution in [0, 0.1) is 13.8 Å². The Morgan fingerprint density at radius 2 is 1.38 bits per heavy atom. The van der Waals surface area contributed by atoms with Gasteiger partial charge in [-0.2, -0.15) is 15.0 Å². The molecular formula is C49H64N12O8S2. The number of nitrogens with zero attached hydrogens (tertiary/aromatic N) is 8. The number of benzene rings is 2. The maximum atomic E-state index is 13.2. The number of thiazole rings is 2. The molecule has 4 saturated heterocycles. The Balaban J connectivity index is 0.000000185. The zero-order chi connectivity index (χ0) is 50.1. The summed E-state index contributed by atoms with van der Waals surface area (Å²) in [4.78, 5) is 67.7. The third-order valence-electron chi connectivity index (χ3n) is 12.1. The lowest BCUT2D eigenvalue weighted by molar-refractivity contribution is -0.122. The number of H-pyrrole nitrogens is 1. The fourth-order valence-corrected chi connectivity index (χ4v) is 10.7. The number of ether oxygens (including phenoxy) is 4. The summed E-state index contributed by atoms with van der Waals surface area (Å²) < 4.78 is 24.6. The number of aryl methyl sites for hydroxylation is 2. The molecule has 0 unspecified atom stereocenters. The first-order valence-corrected chi connectivity index (χ1v) is 25.7. The average Bonchev–Trinajstić information content (AvgIpc) is 3.98.